The second kappa shape index (κ2) is 9.02. The monoisotopic (exact) mass is 429 g/mol. The molecule has 0 heterocycles. The van der Waals surface area contributed by atoms with Crippen molar-refractivity contribution < 1.29 is 12.8 Å². The van der Waals surface area contributed by atoms with Gasteiger partial charge in [0.15, 0.2) is 5.11 Å². The minimum atomic E-state index is -3.88. The Balaban J connectivity index is 1.74. The van der Waals surface area contributed by atoms with Crippen molar-refractivity contribution in [1.29, 1.82) is 0 Å². The van der Waals surface area contributed by atoms with Crippen LogP contribution in [0.3, 0.4) is 0 Å². The molecule has 150 valence electrons. The minimum absolute atomic E-state index is 0.0366. The average molecular weight is 430 g/mol. The van der Waals surface area contributed by atoms with Gasteiger partial charge in [-0.05, 0) is 72.7 Å². The number of nitrogens with one attached hydrogen (secondary N) is 3. The fourth-order valence-electron chi connectivity index (χ4n) is 2.61. The number of benzene rings is 3. The summed E-state index contributed by atoms with van der Waals surface area (Å²) in [4.78, 5) is -0.0366. The highest BCUT2D eigenvalue weighted by Gasteiger charge is 2.16. The first kappa shape index (κ1) is 20.8. The first-order valence-corrected chi connectivity index (χ1v) is 10.8. The van der Waals surface area contributed by atoms with E-state index >= 15 is 0 Å². The van der Waals surface area contributed by atoms with Gasteiger partial charge in [0.25, 0.3) is 10.0 Å². The molecule has 0 amide bonds. The smallest absolute Gasteiger partial charge is 0.261 e. The van der Waals surface area contributed by atoms with E-state index in [0.29, 0.717) is 16.5 Å². The predicted octanol–water partition coefficient (Wildman–Crippen LogP) is 5.00. The molecule has 0 saturated carbocycles. The molecule has 0 aliphatic heterocycles. The van der Waals surface area contributed by atoms with Crippen LogP contribution in [0, 0.1) is 5.82 Å². The third-order valence-corrected chi connectivity index (χ3v) is 5.75. The lowest BCUT2D eigenvalue weighted by atomic mass is 10.1. The fourth-order valence-corrected chi connectivity index (χ4v) is 3.91. The number of hydrogen-bond acceptors (Lipinski definition) is 3. The van der Waals surface area contributed by atoms with E-state index in [1.165, 1.54) is 17.7 Å². The molecule has 0 aliphatic rings. The molecule has 3 rings (SSSR count). The van der Waals surface area contributed by atoms with Crippen molar-refractivity contribution >= 4 is 44.4 Å². The van der Waals surface area contributed by atoms with Crippen molar-refractivity contribution in [3.63, 3.8) is 0 Å². The Morgan fingerprint density at radius 3 is 2.14 bits per heavy atom. The summed E-state index contributed by atoms with van der Waals surface area (Å²) in [7, 11) is -3.88. The zero-order valence-electron chi connectivity index (χ0n) is 15.6. The zero-order chi connectivity index (χ0) is 20.9. The van der Waals surface area contributed by atoms with E-state index in [-0.39, 0.29) is 4.90 Å². The van der Waals surface area contributed by atoms with Gasteiger partial charge in [-0.25, -0.2) is 12.8 Å². The number of halogens is 1. The van der Waals surface area contributed by atoms with Crippen LogP contribution in [-0.4, -0.2) is 13.5 Å². The highest BCUT2D eigenvalue weighted by Crippen LogP contribution is 2.25. The number of aryl methyl sites for hydroxylation is 1. The van der Waals surface area contributed by atoms with Gasteiger partial charge < -0.3 is 10.6 Å². The normalized spacial score (nSPS) is 11.0. The molecule has 3 aromatic rings. The Labute approximate surface area is 175 Å². The highest BCUT2D eigenvalue weighted by atomic mass is 32.2. The molecule has 0 fully saturated rings. The molecule has 3 N–H and O–H groups in total. The van der Waals surface area contributed by atoms with Crippen LogP contribution in [0.25, 0.3) is 0 Å². The first-order valence-electron chi connectivity index (χ1n) is 8.92. The number of rotatable bonds is 6. The maximum Gasteiger partial charge on any atom is 0.261 e. The van der Waals surface area contributed by atoms with Gasteiger partial charge in [0.1, 0.15) is 5.82 Å². The van der Waals surface area contributed by atoms with E-state index in [2.05, 4.69) is 22.3 Å². The topological polar surface area (TPSA) is 70.2 Å². The number of hydrogen-bond donors (Lipinski definition) is 3. The number of anilines is 3. The third kappa shape index (κ3) is 5.52. The molecular weight excluding hydrogens is 409 g/mol. The Kier molecular flexibility index (Phi) is 6.46. The van der Waals surface area contributed by atoms with Crippen LogP contribution in [0.15, 0.2) is 77.7 Å². The molecule has 0 atom stereocenters. The van der Waals surface area contributed by atoms with E-state index in [4.69, 9.17) is 12.2 Å². The number of thiocarbonyl (C=S) groups is 1. The van der Waals surface area contributed by atoms with Crippen LogP contribution in [0.1, 0.15) is 12.5 Å². The van der Waals surface area contributed by atoms with Crippen molar-refractivity contribution in [3.8, 4) is 0 Å². The average Bonchev–Trinajstić information content (AvgIpc) is 2.70. The van der Waals surface area contributed by atoms with Gasteiger partial charge in [0, 0.05) is 5.69 Å². The van der Waals surface area contributed by atoms with Crippen LogP contribution in [0.5, 0.6) is 0 Å². The molecule has 5 nitrogen and oxygen atoms in total. The second-order valence-electron chi connectivity index (χ2n) is 6.23. The minimum Gasteiger partial charge on any atom is -0.332 e. The lowest BCUT2D eigenvalue weighted by molar-refractivity contribution is 0.599. The first-order chi connectivity index (χ1) is 13.9. The van der Waals surface area contributed by atoms with Gasteiger partial charge >= 0.3 is 0 Å². The Hall–Kier alpha value is -2.97. The summed E-state index contributed by atoms with van der Waals surface area (Å²) in [5, 5.41) is 6.40. The summed E-state index contributed by atoms with van der Waals surface area (Å²) in [5.74, 6) is -0.505. The van der Waals surface area contributed by atoms with Crippen molar-refractivity contribution in [2.45, 2.75) is 18.2 Å². The van der Waals surface area contributed by atoms with Crippen LogP contribution in [0.4, 0.5) is 21.5 Å². The Bertz CT molecular complexity index is 1100. The molecular formula is C21H20FN3O2S2. The van der Waals surface area contributed by atoms with Crippen LogP contribution in [-0.2, 0) is 16.4 Å². The van der Waals surface area contributed by atoms with Crippen LogP contribution in [0.2, 0.25) is 0 Å². The SMILES string of the molecule is CCc1ccc(NC(=S)Nc2ccccc2NS(=O)(=O)c2ccc(F)cc2)cc1. The maximum atomic E-state index is 13.1. The summed E-state index contributed by atoms with van der Waals surface area (Å²) in [5.41, 5.74) is 2.85. The summed E-state index contributed by atoms with van der Waals surface area (Å²) in [6.07, 6.45) is 0.949. The maximum absolute atomic E-state index is 13.1. The molecule has 0 saturated heterocycles. The quantitative estimate of drug-likeness (QED) is 0.481. The second-order valence-corrected chi connectivity index (χ2v) is 8.33. The lowest BCUT2D eigenvalue weighted by Gasteiger charge is -2.16. The highest BCUT2D eigenvalue weighted by molar-refractivity contribution is 7.92. The lowest BCUT2D eigenvalue weighted by Crippen LogP contribution is -2.21. The zero-order valence-corrected chi connectivity index (χ0v) is 17.3. The largest absolute Gasteiger partial charge is 0.332 e. The van der Waals surface area contributed by atoms with E-state index < -0.39 is 15.8 Å². The molecule has 29 heavy (non-hydrogen) atoms. The molecule has 0 radical (unpaired) electrons. The summed E-state index contributed by atoms with van der Waals surface area (Å²) < 4.78 is 40.8. The predicted molar refractivity (Wildman–Crippen MR) is 119 cm³/mol. The standard InChI is InChI=1S/C21H20FN3O2S2/c1-2-15-7-11-17(12-8-15)23-21(28)24-19-5-3-4-6-20(19)25-29(26,27)18-13-9-16(22)10-14-18/h3-14,25H,2H2,1H3,(H2,23,24,28). The van der Waals surface area contributed by atoms with Crippen molar-refractivity contribution in [1.82, 2.24) is 0 Å². The summed E-state index contributed by atoms with van der Waals surface area (Å²) in [6.45, 7) is 2.08. The van der Waals surface area contributed by atoms with Crippen LogP contribution >= 0.6 is 12.2 Å². The van der Waals surface area contributed by atoms with E-state index in [1.807, 2.05) is 24.3 Å². The number of para-hydroxylation sites is 2. The van der Waals surface area contributed by atoms with Crippen molar-refractivity contribution in [3.05, 3.63) is 84.2 Å². The Morgan fingerprint density at radius 2 is 1.52 bits per heavy atom. The van der Waals surface area contributed by atoms with Crippen LogP contribution < -0.4 is 15.4 Å². The van der Waals surface area contributed by atoms with Gasteiger partial charge in [-0.1, -0.05) is 31.2 Å². The summed E-state index contributed by atoms with van der Waals surface area (Å²) >= 11 is 5.35. The molecule has 8 heteroatoms. The molecule has 0 aliphatic carbocycles. The van der Waals surface area contributed by atoms with E-state index in [9.17, 15) is 12.8 Å². The molecule has 3 aromatic carbocycles. The van der Waals surface area contributed by atoms with Gasteiger partial charge in [-0.15, -0.1) is 0 Å². The molecule has 0 unspecified atom stereocenters. The van der Waals surface area contributed by atoms with E-state index in [1.54, 1.807) is 24.3 Å². The van der Waals surface area contributed by atoms with Gasteiger partial charge in [-0.3, -0.25) is 4.72 Å². The van der Waals surface area contributed by atoms with Crippen molar-refractivity contribution in [2.75, 3.05) is 15.4 Å². The fraction of sp³-hybridized carbons (Fsp3) is 0.0952. The molecule has 0 aromatic heterocycles. The Morgan fingerprint density at radius 1 is 0.897 bits per heavy atom. The summed E-state index contributed by atoms with van der Waals surface area (Å²) in [6, 6.07) is 19.3. The van der Waals surface area contributed by atoms with E-state index in [0.717, 1.165) is 24.2 Å². The number of sulfonamides is 1. The molecule has 0 bridgehead atoms. The third-order valence-electron chi connectivity index (χ3n) is 4.16. The van der Waals surface area contributed by atoms with Gasteiger partial charge in [-0.2, -0.15) is 0 Å². The van der Waals surface area contributed by atoms with Crippen molar-refractivity contribution in [2.24, 2.45) is 0 Å². The van der Waals surface area contributed by atoms with Gasteiger partial charge in [0.05, 0.1) is 16.3 Å². The van der Waals surface area contributed by atoms with Gasteiger partial charge in [0.2, 0.25) is 0 Å². The molecule has 0 spiro atoms.